The minimum atomic E-state index is -0.663. The predicted octanol–water partition coefficient (Wildman–Crippen LogP) is 5.43. The number of benzene rings is 2. The van der Waals surface area contributed by atoms with Crippen LogP contribution in [0.4, 0.5) is 4.39 Å². The van der Waals surface area contributed by atoms with E-state index < -0.39 is 5.82 Å². The van der Waals surface area contributed by atoms with Gasteiger partial charge in [-0.05, 0) is 43.0 Å². The van der Waals surface area contributed by atoms with Crippen molar-refractivity contribution in [2.75, 3.05) is 33.5 Å². The zero-order valence-corrected chi connectivity index (χ0v) is 23.7. The van der Waals surface area contributed by atoms with Crippen LogP contribution in [0.2, 0.25) is 0 Å². The zero-order valence-electron chi connectivity index (χ0n) is 22.0. The summed E-state index contributed by atoms with van der Waals surface area (Å²) in [5, 5.41) is 17.6. The van der Waals surface area contributed by atoms with Gasteiger partial charge in [0.05, 0.1) is 32.4 Å². The highest BCUT2D eigenvalue weighted by molar-refractivity contribution is 8.93. The summed E-state index contributed by atoms with van der Waals surface area (Å²) in [7, 11) is 1.51. The molecule has 1 N–H and O–H groups in total. The Balaban J connectivity index is 0.00000481. The minimum Gasteiger partial charge on any atom is -0.493 e. The van der Waals surface area contributed by atoms with Crippen LogP contribution >= 0.6 is 17.0 Å². The number of nitrogens with one attached hydrogen (secondary N) is 1. The van der Waals surface area contributed by atoms with E-state index in [9.17, 15) is 4.79 Å². The maximum atomic E-state index is 15.4. The van der Waals surface area contributed by atoms with E-state index in [1.54, 1.807) is 32.0 Å². The predicted molar refractivity (Wildman–Crippen MR) is 143 cm³/mol. The van der Waals surface area contributed by atoms with Gasteiger partial charge in [-0.3, -0.25) is 10.2 Å². The molecule has 3 rings (SSSR count). The Morgan fingerprint density at radius 3 is 2.32 bits per heavy atom. The van der Waals surface area contributed by atoms with E-state index in [1.165, 1.54) is 12.0 Å². The van der Waals surface area contributed by atoms with Crippen molar-refractivity contribution in [1.82, 2.24) is 4.90 Å². The lowest BCUT2D eigenvalue weighted by atomic mass is 9.84. The number of rotatable bonds is 10. The Kier molecular flexibility index (Phi) is 9.93. The lowest BCUT2D eigenvalue weighted by Gasteiger charge is -2.25. The minimum absolute atomic E-state index is 0. The summed E-state index contributed by atoms with van der Waals surface area (Å²) in [5.74, 6) is -0.0261. The number of Topliss-reactive ketones (excluding diaryl/α,β-unsaturated/α-hetero) is 1. The molecule has 1 aliphatic heterocycles. The van der Waals surface area contributed by atoms with Gasteiger partial charge in [0.15, 0.2) is 41.2 Å². The van der Waals surface area contributed by atoms with Crippen LogP contribution in [0.3, 0.4) is 0 Å². The van der Waals surface area contributed by atoms with E-state index in [0.717, 1.165) is 5.56 Å². The van der Waals surface area contributed by atoms with E-state index in [4.69, 9.17) is 29.6 Å². The number of ketones is 1. The molecule has 0 fully saturated rings. The first-order chi connectivity index (χ1) is 17.1. The molecule has 0 radical (unpaired) electrons. The van der Waals surface area contributed by atoms with E-state index >= 15 is 4.39 Å². The number of methoxy groups -OCH3 is 1. The first-order valence-electron chi connectivity index (χ1n) is 11.8. The first kappa shape index (κ1) is 29.9. The fraction of sp³-hybridized carbons (Fsp3) is 0.444. The molecule has 0 aliphatic carbocycles. The third-order valence-electron chi connectivity index (χ3n) is 5.79. The van der Waals surface area contributed by atoms with Gasteiger partial charge in [-0.2, -0.15) is 5.26 Å². The van der Waals surface area contributed by atoms with Gasteiger partial charge < -0.3 is 23.8 Å². The van der Waals surface area contributed by atoms with Crippen molar-refractivity contribution in [1.29, 1.82) is 10.7 Å². The van der Waals surface area contributed by atoms with Crippen LogP contribution in [0.1, 0.15) is 61.7 Å². The molecule has 0 atom stereocenters. The van der Waals surface area contributed by atoms with Crippen molar-refractivity contribution in [3.63, 3.8) is 0 Å². The van der Waals surface area contributed by atoms with E-state index in [-0.39, 0.29) is 77.4 Å². The van der Waals surface area contributed by atoms with Crippen LogP contribution < -0.4 is 18.9 Å². The fourth-order valence-electron chi connectivity index (χ4n) is 4.17. The van der Waals surface area contributed by atoms with E-state index in [0.29, 0.717) is 29.2 Å². The van der Waals surface area contributed by atoms with Crippen molar-refractivity contribution < 1.29 is 28.1 Å². The molecule has 37 heavy (non-hydrogen) atoms. The van der Waals surface area contributed by atoms with Crippen LogP contribution in [-0.4, -0.2) is 50.0 Å². The van der Waals surface area contributed by atoms with Gasteiger partial charge in [-0.15, -0.1) is 17.0 Å². The van der Waals surface area contributed by atoms with Crippen LogP contribution in [0, 0.1) is 22.6 Å². The van der Waals surface area contributed by atoms with Crippen molar-refractivity contribution in [3.05, 3.63) is 46.3 Å². The molecule has 0 amide bonds. The van der Waals surface area contributed by atoms with E-state index in [1.807, 2.05) is 26.8 Å². The summed E-state index contributed by atoms with van der Waals surface area (Å²) >= 11 is 0. The number of halogens is 2. The van der Waals surface area contributed by atoms with E-state index in [2.05, 4.69) is 0 Å². The van der Waals surface area contributed by atoms with Crippen LogP contribution in [0.5, 0.6) is 23.0 Å². The molecule has 2 aromatic carbocycles. The van der Waals surface area contributed by atoms with Gasteiger partial charge in [0, 0.05) is 17.7 Å². The first-order valence-corrected chi connectivity index (χ1v) is 11.8. The van der Waals surface area contributed by atoms with Gasteiger partial charge >= 0.3 is 0 Å². The smallest absolute Gasteiger partial charge is 0.197 e. The maximum Gasteiger partial charge on any atom is 0.197 e. The Labute approximate surface area is 227 Å². The number of carbonyl (C=O) groups excluding carboxylic acids is 1. The maximum absolute atomic E-state index is 15.4. The molecule has 2 aromatic rings. The Morgan fingerprint density at radius 1 is 1.11 bits per heavy atom. The molecule has 200 valence electrons. The number of hydrogen-bond acceptors (Lipinski definition) is 7. The summed E-state index contributed by atoms with van der Waals surface area (Å²) in [4.78, 5) is 14.9. The highest BCUT2D eigenvalue weighted by Crippen LogP contribution is 2.41. The van der Waals surface area contributed by atoms with Crippen molar-refractivity contribution in [3.8, 4) is 29.1 Å². The van der Waals surface area contributed by atoms with Gasteiger partial charge in [0.2, 0.25) is 0 Å². The number of carbonyl (C=O) groups is 1. The topological polar surface area (TPSA) is 105 Å². The largest absolute Gasteiger partial charge is 0.493 e. The molecule has 0 spiro atoms. The highest BCUT2D eigenvalue weighted by Gasteiger charge is 2.33. The standard InChI is InChI=1S/C27H32FN3O5.BrH/c1-7-34-21-13-17-14-31(26(30)22(17)23(28)25(21)35-8-2)15-19(32)16-11-18(27(3,4)5)24(33-6)20(12-16)36-10-9-29;/h11-13,30H,7-8,10,14-15H2,1-6H3;1H. The van der Waals surface area contributed by atoms with Gasteiger partial charge in [-0.25, -0.2) is 4.39 Å². The number of hydrogen-bond donors (Lipinski definition) is 1. The molecule has 0 unspecified atom stereocenters. The van der Waals surface area contributed by atoms with Gasteiger partial charge in [0.1, 0.15) is 11.9 Å². The van der Waals surface area contributed by atoms with Gasteiger partial charge in [0.25, 0.3) is 0 Å². The molecule has 1 heterocycles. The quantitative estimate of drug-likeness (QED) is 0.375. The molecular formula is C27H33BrFN3O5. The number of nitriles is 1. The third kappa shape index (κ3) is 6.16. The number of amidine groups is 1. The molecule has 1 aliphatic rings. The summed E-state index contributed by atoms with van der Waals surface area (Å²) < 4.78 is 37.5. The summed E-state index contributed by atoms with van der Waals surface area (Å²) in [6, 6.07) is 6.89. The summed E-state index contributed by atoms with van der Waals surface area (Å²) in [6.07, 6.45) is 0. The SMILES string of the molecule is Br.CCOc1cc2c(c(F)c1OCC)C(=N)N(CC(=O)c1cc(OCC#N)c(OC)c(C(C)(C)C)c1)C2. The zero-order chi connectivity index (χ0) is 26.6. The normalized spacial score (nSPS) is 12.4. The lowest BCUT2D eigenvalue weighted by molar-refractivity contribution is 0.0962. The average Bonchev–Trinajstić information content (AvgIpc) is 3.13. The Morgan fingerprint density at radius 2 is 1.76 bits per heavy atom. The fourth-order valence-corrected chi connectivity index (χ4v) is 4.17. The second-order valence-corrected chi connectivity index (χ2v) is 9.30. The second-order valence-electron chi connectivity index (χ2n) is 9.30. The van der Waals surface area contributed by atoms with Crippen LogP contribution in [0.15, 0.2) is 18.2 Å². The summed E-state index contributed by atoms with van der Waals surface area (Å²) in [6.45, 7) is 9.90. The molecule has 0 bridgehead atoms. The number of nitrogens with zero attached hydrogens (tertiary/aromatic N) is 2. The summed E-state index contributed by atoms with van der Waals surface area (Å²) in [5.41, 5.74) is 1.38. The lowest BCUT2D eigenvalue weighted by Crippen LogP contribution is -2.30. The Hall–Kier alpha value is -3.32. The number of ether oxygens (including phenoxy) is 4. The second kappa shape index (κ2) is 12.3. The molecule has 8 nitrogen and oxygen atoms in total. The van der Waals surface area contributed by atoms with Crippen LogP contribution in [-0.2, 0) is 12.0 Å². The van der Waals surface area contributed by atoms with Gasteiger partial charge in [-0.1, -0.05) is 20.8 Å². The number of fused-ring (bicyclic) bond motifs is 1. The van der Waals surface area contributed by atoms with Crippen molar-refractivity contribution in [2.24, 2.45) is 0 Å². The molecule has 0 saturated heterocycles. The molecular weight excluding hydrogens is 545 g/mol. The highest BCUT2D eigenvalue weighted by atomic mass is 79.9. The average molecular weight is 578 g/mol. The monoisotopic (exact) mass is 577 g/mol. The van der Waals surface area contributed by atoms with Crippen LogP contribution in [0.25, 0.3) is 0 Å². The third-order valence-corrected chi connectivity index (χ3v) is 5.79. The van der Waals surface area contributed by atoms with Crippen molar-refractivity contribution >= 4 is 28.6 Å². The molecule has 0 saturated carbocycles. The van der Waals surface area contributed by atoms with Crippen molar-refractivity contribution in [2.45, 2.75) is 46.6 Å². The molecule has 10 heteroatoms. The Bertz CT molecular complexity index is 1220. The molecule has 0 aromatic heterocycles.